The third-order valence-electron chi connectivity index (χ3n) is 5.98. The maximum Gasteiger partial charge on any atom is 0.417 e. The highest BCUT2D eigenvalue weighted by Gasteiger charge is 2.35. The number of aryl methyl sites for hydroxylation is 1. The van der Waals surface area contributed by atoms with Crippen LogP contribution in [0.3, 0.4) is 0 Å². The molecule has 3 aromatic carbocycles. The Morgan fingerprint density at radius 2 is 1.74 bits per heavy atom. The zero-order valence-corrected chi connectivity index (χ0v) is 21.5. The van der Waals surface area contributed by atoms with Gasteiger partial charge < -0.3 is 10.4 Å². The first-order chi connectivity index (χ1) is 17.9. The number of carbonyl (C=O) groups is 1. The second kappa shape index (κ2) is 9.38. The summed E-state index contributed by atoms with van der Waals surface area (Å²) >= 11 is 1.30. The minimum atomic E-state index is -4.62. The fourth-order valence-corrected chi connectivity index (χ4v) is 5.10. The minimum Gasteiger partial charge on any atom is -0.383 e. The number of thiazole rings is 1. The Balaban J connectivity index is 1.63. The molecule has 0 aliphatic rings. The Bertz CT molecular complexity index is 1650. The lowest BCUT2D eigenvalue weighted by Crippen LogP contribution is -2.16. The van der Waals surface area contributed by atoms with Crippen molar-refractivity contribution in [1.29, 1.82) is 0 Å². The highest BCUT2D eigenvalue weighted by atomic mass is 32.1. The van der Waals surface area contributed by atoms with Gasteiger partial charge in [-0.15, -0.1) is 11.3 Å². The predicted octanol–water partition coefficient (Wildman–Crippen LogP) is 6.86. The molecule has 5 aromatic rings. The van der Waals surface area contributed by atoms with Gasteiger partial charge in [0.1, 0.15) is 16.1 Å². The van der Waals surface area contributed by atoms with Crippen LogP contribution in [-0.2, 0) is 18.8 Å². The normalized spacial score (nSPS) is 12.2. The Morgan fingerprint density at radius 3 is 2.37 bits per heavy atom. The molecular formula is C28H23F3N4O2S. The Labute approximate surface area is 220 Å². The highest BCUT2D eigenvalue weighted by molar-refractivity contribution is 7.18. The first-order valence-electron chi connectivity index (χ1n) is 11.7. The van der Waals surface area contributed by atoms with Crippen LogP contribution >= 0.6 is 11.3 Å². The van der Waals surface area contributed by atoms with Crippen molar-refractivity contribution in [2.24, 2.45) is 7.05 Å². The van der Waals surface area contributed by atoms with Gasteiger partial charge in [0.2, 0.25) is 0 Å². The molecular weight excluding hydrogens is 513 g/mol. The van der Waals surface area contributed by atoms with Gasteiger partial charge in [0.15, 0.2) is 0 Å². The van der Waals surface area contributed by atoms with Gasteiger partial charge >= 0.3 is 6.18 Å². The Morgan fingerprint density at radius 1 is 1.00 bits per heavy atom. The molecule has 0 spiro atoms. The van der Waals surface area contributed by atoms with E-state index in [4.69, 9.17) is 0 Å². The lowest BCUT2D eigenvalue weighted by molar-refractivity contribution is -0.137. The topological polar surface area (TPSA) is 80.0 Å². The average Bonchev–Trinajstić information content (AvgIpc) is 3.50. The number of nitrogens with one attached hydrogen (secondary N) is 1. The third kappa shape index (κ3) is 4.92. The number of fused-ring (bicyclic) bond motifs is 1. The summed E-state index contributed by atoms with van der Waals surface area (Å²) in [7, 11) is 1.61. The molecule has 10 heteroatoms. The number of nitrogens with zero attached hydrogens (tertiary/aromatic N) is 3. The van der Waals surface area contributed by atoms with E-state index in [1.807, 2.05) is 42.5 Å². The van der Waals surface area contributed by atoms with Gasteiger partial charge in [0.25, 0.3) is 5.91 Å². The number of benzene rings is 3. The van der Waals surface area contributed by atoms with Crippen molar-refractivity contribution in [2.45, 2.75) is 25.6 Å². The lowest BCUT2D eigenvalue weighted by atomic mass is 9.99. The molecule has 2 aromatic heterocycles. The van der Waals surface area contributed by atoms with Gasteiger partial charge in [-0.05, 0) is 49.7 Å². The van der Waals surface area contributed by atoms with E-state index >= 15 is 0 Å². The van der Waals surface area contributed by atoms with Crippen molar-refractivity contribution < 1.29 is 23.1 Å². The van der Waals surface area contributed by atoms with E-state index in [1.54, 1.807) is 20.9 Å². The van der Waals surface area contributed by atoms with Crippen molar-refractivity contribution in [3.05, 3.63) is 89.1 Å². The summed E-state index contributed by atoms with van der Waals surface area (Å²) in [6, 6.07) is 17.8. The fourth-order valence-electron chi connectivity index (χ4n) is 4.13. The first kappa shape index (κ1) is 25.6. The van der Waals surface area contributed by atoms with Crippen LogP contribution in [0, 0.1) is 0 Å². The van der Waals surface area contributed by atoms with Crippen LogP contribution in [0.15, 0.2) is 72.9 Å². The maximum absolute atomic E-state index is 13.8. The molecule has 0 aliphatic heterocycles. The summed E-state index contributed by atoms with van der Waals surface area (Å²) in [4.78, 5) is 18.1. The summed E-state index contributed by atoms with van der Waals surface area (Å²) in [5.41, 5.74) is 0.286. The molecule has 0 saturated carbocycles. The number of anilines is 1. The average molecular weight is 537 g/mol. The lowest BCUT2D eigenvalue weighted by Gasteiger charge is -2.15. The van der Waals surface area contributed by atoms with Crippen LogP contribution in [-0.4, -0.2) is 25.8 Å². The molecule has 0 fully saturated rings. The third-order valence-corrected chi connectivity index (χ3v) is 7.32. The number of carbonyl (C=O) groups excluding carboxylic acids is 1. The van der Waals surface area contributed by atoms with Crippen LogP contribution in [0.2, 0.25) is 0 Å². The molecule has 1 amide bonds. The number of hydrogen-bond acceptors (Lipinski definition) is 5. The van der Waals surface area contributed by atoms with Crippen molar-refractivity contribution in [3.8, 4) is 22.4 Å². The van der Waals surface area contributed by atoms with Crippen molar-refractivity contribution in [2.75, 3.05) is 5.32 Å². The van der Waals surface area contributed by atoms with E-state index < -0.39 is 23.2 Å². The summed E-state index contributed by atoms with van der Waals surface area (Å²) in [6.45, 7) is 3.25. The monoisotopic (exact) mass is 536 g/mol. The molecule has 2 N–H and O–H groups in total. The molecule has 0 saturated heterocycles. The van der Waals surface area contributed by atoms with Gasteiger partial charge in [-0.25, -0.2) is 4.98 Å². The zero-order valence-electron chi connectivity index (χ0n) is 20.7. The summed E-state index contributed by atoms with van der Waals surface area (Å²) in [5.74, 6) is -0.599. The van der Waals surface area contributed by atoms with E-state index in [0.29, 0.717) is 21.8 Å². The quantitative estimate of drug-likeness (QED) is 0.257. The second-order valence-electron chi connectivity index (χ2n) is 9.37. The van der Waals surface area contributed by atoms with E-state index in [2.05, 4.69) is 15.4 Å². The zero-order chi connectivity index (χ0) is 27.2. The van der Waals surface area contributed by atoms with E-state index in [9.17, 15) is 23.1 Å². The van der Waals surface area contributed by atoms with Gasteiger partial charge in [-0.1, -0.05) is 36.4 Å². The number of hydrogen-bond donors (Lipinski definition) is 2. The van der Waals surface area contributed by atoms with Crippen LogP contribution in [0.4, 0.5) is 18.9 Å². The molecule has 5 rings (SSSR count). The number of aromatic nitrogens is 3. The molecule has 38 heavy (non-hydrogen) atoms. The van der Waals surface area contributed by atoms with E-state index in [0.717, 1.165) is 22.4 Å². The fraction of sp³-hybridized carbons (Fsp3) is 0.179. The summed E-state index contributed by atoms with van der Waals surface area (Å²) in [6.07, 6.45) is -3.08. The van der Waals surface area contributed by atoms with E-state index in [-0.39, 0.29) is 16.8 Å². The van der Waals surface area contributed by atoms with Gasteiger partial charge in [-0.3, -0.25) is 9.48 Å². The van der Waals surface area contributed by atoms with Crippen LogP contribution in [0.1, 0.15) is 34.8 Å². The molecule has 6 nitrogen and oxygen atoms in total. The standard InChI is InChI=1S/C28H23F3N4O2S/c1-27(2,37)26-33-24-22(38-26)12-10-18(16-7-5-4-6-8-16)23(24)32-25(36)17-9-11-20(28(29,30)31)19(15-17)21-13-14-35(3)34-21/h4-15,37H,1-3H3,(H,32,36). The second-order valence-corrected chi connectivity index (χ2v) is 10.4. The molecule has 2 heterocycles. The molecule has 0 aliphatic carbocycles. The van der Waals surface area contributed by atoms with E-state index in [1.165, 1.54) is 34.3 Å². The molecule has 0 bridgehead atoms. The maximum atomic E-state index is 13.8. The molecule has 0 atom stereocenters. The van der Waals surface area contributed by atoms with Crippen molar-refractivity contribution >= 4 is 33.1 Å². The highest BCUT2D eigenvalue weighted by Crippen LogP contribution is 2.40. The predicted molar refractivity (Wildman–Crippen MR) is 142 cm³/mol. The number of alkyl halides is 3. The Hall–Kier alpha value is -4.02. The number of halogens is 3. The van der Waals surface area contributed by atoms with Crippen molar-refractivity contribution in [1.82, 2.24) is 14.8 Å². The number of amides is 1. The number of rotatable bonds is 5. The van der Waals surface area contributed by atoms with Gasteiger partial charge in [0, 0.05) is 29.9 Å². The van der Waals surface area contributed by atoms with Crippen LogP contribution < -0.4 is 5.32 Å². The van der Waals surface area contributed by atoms with Crippen molar-refractivity contribution in [3.63, 3.8) is 0 Å². The van der Waals surface area contributed by atoms with Gasteiger partial charge in [0.05, 0.1) is 21.6 Å². The largest absolute Gasteiger partial charge is 0.417 e. The first-order valence-corrected chi connectivity index (χ1v) is 12.5. The summed E-state index contributed by atoms with van der Waals surface area (Å²) < 4.78 is 43.5. The Kier molecular flexibility index (Phi) is 6.32. The molecule has 0 unspecified atom stereocenters. The minimum absolute atomic E-state index is 0.0348. The molecule has 0 radical (unpaired) electrons. The molecule has 194 valence electrons. The SMILES string of the molecule is Cn1ccc(-c2cc(C(=O)Nc3c(-c4ccccc4)ccc4sc(C(C)(C)O)nc34)ccc2C(F)(F)F)n1. The smallest absolute Gasteiger partial charge is 0.383 e. The summed E-state index contributed by atoms with van der Waals surface area (Å²) in [5, 5.41) is 18.0. The van der Waals surface area contributed by atoms with Crippen LogP contribution in [0.5, 0.6) is 0 Å². The number of aliphatic hydroxyl groups is 1. The van der Waals surface area contributed by atoms with Gasteiger partial charge in [-0.2, -0.15) is 18.3 Å². The van der Waals surface area contributed by atoms with Crippen LogP contribution in [0.25, 0.3) is 32.6 Å².